The third-order valence-electron chi connectivity index (χ3n) is 5.25. The van der Waals surface area contributed by atoms with Crippen molar-refractivity contribution in [2.75, 3.05) is 31.1 Å². The lowest BCUT2D eigenvalue weighted by atomic mass is 10.1. The zero-order valence-corrected chi connectivity index (χ0v) is 15.0. The van der Waals surface area contributed by atoms with Crippen molar-refractivity contribution in [3.8, 4) is 0 Å². The van der Waals surface area contributed by atoms with Crippen LogP contribution in [0.25, 0.3) is 5.65 Å². The van der Waals surface area contributed by atoms with E-state index < -0.39 is 11.9 Å². The summed E-state index contributed by atoms with van der Waals surface area (Å²) in [6, 6.07) is 2.42. The highest BCUT2D eigenvalue weighted by molar-refractivity contribution is 5.93. The highest BCUT2D eigenvalue weighted by atomic mass is 19.4. The molecule has 2 saturated heterocycles. The molecule has 0 N–H and O–H groups in total. The maximum absolute atomic E-state index is 13.6. The molecule has 0 aromatic carbocycles. The van der Waals surface area contributed by atoms with Crippen LogP contribution in [0.15, 0.2) is 12.1 Å². The number of piperidine rings is 2. The Balaban J connectivity index is 1.75. The molecule has 0 radical (unpaired) electrons. The van der Waals surface area contributed by atoms with E-state index in [2.05, 4.69) is 10.1 Å². The van der Waals surface area contributed by atoms with Gasteiger partial charge < -0.3 is 9.80 Å². The van der Waals surface area contributed by atoms with E-state index in [1.165, 1.54) is 6.07 Å². The van der Waals surface area contributed by atoms with Crippen molar-refractivity contribution in [1.82, 2.24) is 19.5 Å². The summed E-state index contributed by atoms with van der Waals surface area (Å²) in [5, 5.41) is 3.96. The Morgan fingerprint density at radius 3 is 2.19 bits per heavy atom. The zero-order valence-electron chi connectivity index (χ0n) is 15.0. The largest absolute Gasteiger partial charge is 0.433 e. The topological polar surface area (TPSA) is 53.7 Å². The Bertz CT molecular complexity index is 835. The van der Waals surface area contributed by atoms with Gasteiger partial charge in [-0.05, 0) is 38.5 Å². The van der Waals surface area contributed by atoms with Gasteiger partial charge in [0.1, 0.15) is 5.82 Å². The number of likely N-dealkylation sites (tertiary alicyclic amines) is 1. The van der Waals surface area contributed by atoms with Gasteiger partial charge in [-0.3, -0.25) is 4.79 Å². The number of hydrogen-bond acceptors (Lipinski definition) is 4. The molecule has 0 atom stereocenters. The van der Waals surface area contributed by atoms with Crippen LogP contribution in [0.2, 0.25) is 0 Å². The van der Waals surface area contributed by atoms with Gasteiger partial charge in [-0.15, -0.1) is 0 Å². The minimum absolute atomic E-state index is 0.0192. The molecular weight excluding hydrogens is 359 g/mol. The first kappa shape index (κ1) is 18.1. The van der Waals surface area contributed by atoms with Crippen molar-refractivity contribution in [2.24, 2.45) is 0 Å². The second-order valence-corrected chi connectivity index (χ2v) is 7.20. The molecule has 0 aliphatic carbocycles. The number of alkyl halides is 3. The predicted molar refractivity (Wildman–Crippen MR) is 93.8 cm³/mol. The van der Waals surface area contributed by atoms with E-state index in [4.69, 9.17) is 0 Å². The lowest BCUT2D eigenvalue weighted by Crippen LogP contribution is -2.35. The number of hydrogen-bond donors (Lipinski definition) is 0. The van der Waals surface area contributed by atoms with Crippen LogP contribution in [0.1, 0.15) is 54.7 Å². The van der Waals surface area contributed by atoms with Crippen molar-refractivity contribution in [3.05, 3.63) is 23.5 Å². The normalized spacial score (nSPS) is 18.9. The smallest absolute Gasteiger partial charge is 0.356 e. The van der Waals surface area contributed by atoms with Crippen LogP contribution in [-0.2, 0) is 6.18 Å². The summed E-state index contributed by atoms with van der Waals surface area (Å²) in [5.41, 5.74) is -0.817. The van der Waals surface area contributed by atoms with Gasteiger partial charge in [0, 0.05) is 38.3 Å². The van der Waals surface area contributed by atoms with E-state index in [0.29, 0.717) is 32.0 Å². The van der Waals surface area contributed by atoms with Crippen molar-refractivity contribution in [3.63, 3.8) is 0 Å². The van der Waals surface area contributed by atoms with Crippen LogP contribution < -0.4 is 4.90 Å². The maximum Gasteiger partial charge on any atom is 0.433 e. The molecule has 9 heteroatoms. The second-order valence-electron chi connectivity index (χ2n) is 7.20. The summed E-state index contributed by atoms with van der Waals surface area (Å²) >= 11 is 0. The Morgan fingerprint density at radius 2 is 1.56 bits per heavy atom. The fourth-order valence-electron chi connectivity index (χ4n) is 3.81. The molecule has 0 unspecified atom stereocenters. The van der Waals surface area contributed by atoms with Crippen molar-refractivity contribution in [1.29, 1.82) is 0 Å². The van der Waals surface area contributed by atoms with Crippen LogP contribution in [0.3, 0.4) is 0 Å². The zero-order chi connectivity index (χ0) is 19.0. The number of anilines is 1. The number of fused-ring (bicyclic) bond motifs is 1. The predicted octanol–water partition coefficient (Wildman–Crippen LogP) is 3.36. The first-order chi connectivity index (χ1) is 12.9. The number of carbonyl (C=O) groups excluding carboxylic acids is 1. The molecule has 2 aromatic rings. The lowest BCUT2D eigenvalue weighted by Gasteiger charge is -2.28. The van der Waals surface area contributed by atoms with Gasteiger partial charge >= 0.3 is 6.18 Å². The van der Waals surface area contributed by atoms with E-state index >= 15 is 0 Å². The highest BCUT2D eigenvalue weighted by Crippen LogP contribution is 2.32. The molecule has 2 fully saturated rings. The molecule has 4 heterocycles. The third kappa shape index (κ3) is 3.59. The molecular formula is C18H22F3N5O. The summed E-state index contributed by atoms with van der Waals surface area (Å²) in [7, 11) is 0. The van der Waals surface area contributed by atoms with Crippen LogP contribution in [0.4, 0.5) is 19.0 Å². The van der Waals surface area contributed by atoms with Crippen LogP contribution >= 0.6 is 0 Å². The number of rotatable bonds is 2. The quantitative estimate of drug-likeness (QED) is 0.801. The second kappa shape index (κ2) is 7.01. The van der Waals surface area contributed by atoms with Gasteiger partial charge in [0.15, 0.2) is 17.0 Å². The number of amides is 1. The summed E-state index contributed by atoms with van der Waals surface area (Å²) in [5.74, 6) is -0.0285. The molecule has 2 aromatic heterocycles. The summed E-state index contributed by atoms with van der Waals surface area (Å²) in [6.07, 6.45) is 1.25. The number of halogens is 3. The number of nitrogens with zero attached hydrogens (tertiary/aromatic N) is 5. The van der Waals surface area contributed by atoms with Gasteiger partial charge in [0.25, 0.3) is 5.91 Å². The van der Waals surface area contributed by atoms with E-state index in [-0.39, 0.29) is 17.2 Å². The monoisotopic (exact) mass is 381 g/mol. The summed E-state index contributed by atoms with van der Waals surface area (Å²) < 4.78 is 41.6. The standard InChI is InChI=1S/C18H22F3N5O/c19-18(20,21)14-12-15(24-7-3-1-4-8-24)22-16-11-13(23-26(14)16)17(27)25-9-5-2-6-10-25/h11-12H,1-10H2. The van der Waals surface area contributed by atoms with E-state index in [1.54, 1.807) is 4.90 Å². The minimum Gasteiger partial charge on any atom is -0.356 e. The van der Waals surface area contributed by atoms with E-state index in [0.717, 1.165) is 49.1 Å². The number of carbonyl (C=O) groups is 1. The van der Waals surface area contributed by atoms with Gasteiger partial charge in [-0.2, -0.15) is 18.3 Å². The molecule has 0 saturated carbocycles. The molecule has 6 nitrogen and oxygen atoms in total. The lowest BCUT2D eigenvalue weighted by molar-refractivity contribution is -0.142. The van der Waals surface area contributed by atoms with Gasteiger partial charge in [-0.25, -0.2) is 9.50 Å². The van der Waals surface area contributed by atoms with Crippen LogP contribution in [0.5, 0.6) is 0 Å². The van der Waals surface area contributed by atoms with Gasteiger partial charge in [-0.1, -0.05) is 0 Å². The fraction of sp³-hybridized carbons (Fsp3) is 0.611. The first-order valence-corrected chi connectivity index (χ1v) is 9.46. The molecule has 146 valence electrons. The van der Waals surface area contributed by atoms with Crippen LogP contribution in [0, 0.1) is 0 Å². The Kier molecular flexibility index (Phi) is 4.69. The van der Waals surface area contributed by atoms with Crippen LogP contribution in [-0.4, -0.2) is 51.6 Å². The Labute approximate surface area is 155 Å². The average Bonchev–Trinajstić information content (AvgIpc) is 3.11. The third-order valence-corrected chi connectivity index (χ3v) is 5.25. The van der Waals surface area contributed by atoms with Gasteiger partial charge in [0.2, 0.25) is 0 Å². The Morgan fingerprint density at radius 1 is 0.926 bits per heavy atom. The molecule has 1 amide bonds. The van der Waals surface area contributed by atoms with Gasteiger partial charge in [0.05, 0.1) is 0 Å². The molecule has 4 rings (SSSR count). The molecule has 0 bridgehead atoms. The minimum atomic E-state index is -4.58. The van der Waals surface area contributed by atoms with E-state index in [1.807, 2.05) is 4.90 Å². The molecule has 2 aliphatic rings. The molecule has 27 heavy (non-hydrogen) atoms. The van der Waals surface area contributed by atoms with Crippen molar-refractivity contribution >= 4 is 17.4 Å². The van der Waals surface area contributed by atoms with Crippen molar-refractivity contribution < 1.29 is 18.0 Å². The molecule has 2 aliphatic heterocycles. The maximum atomic E-state index is 13.6. The molecule has 0 spiro atoms. The average molecular weight is 381 g/mol. The van der Waals surface area contributed by atoms with E-state index in [9.17, 15) is 18.0 Å². The Hall–Kier alpha value is -2.32. The number of aromatic nitrogens is 3. The summed E-state index contributed by atoms with van der Waals surface area (Å²) in [4.78, 5) is 20.6. The fourth-order valence-corrected chi connectivity index (χ4v) is 3.81. The SMILES string of the molecule is O=C(c1cc2nc(N3CCCCC3)cc(C(F)(F)F)n2n1)N1CCCCC1. The summed E-state index contributed by atoms with van der Waals surface area (Å²) in [6.45, 7) is 2.61. The highest BCUT2D eigenvalue weighted by Gasteiger charge is 2.36. The van der Waals surface area contributed by atoms with Crippen molar-refractivity contribution in [2.45, 2.75) is 44.7 Å². The first-order valence-electron chi connectivity index (χ1n) is 9.46.